The van der Waals surface area contributed by atoms with Crippen LogP contribution >= 0.6 is 24.0 Å². The number of hydrogen-bond donors (Lipinski definition) is 2. The van der Waals surface area contributed by atoms with Crippen LogP contribution < -0.4 is 15.5 Å². The van der Waals surface area contributed by atoms with Gasteiger partial charge in [-0.3, -0.25) is 14.8 Å². The third-order valence-electron chi connectivity index (χ3n) is 6.06. The molecule has 2 N–H and O–H groups in total. The minimum absolute atomic E-state index is 0. The number of aliphatic imine (C=N–C) groups is 1. The monoisotopic (exact) mass is 558 g/mol. The van der Waals surface area contributed by atoms with Crippen LogP contribution in [0.5, 0.6) is 0 Å². The molecule has 0 amide bonds. The Hall–Kier alpha value is -1.10. The van der Waals surface area contributed by atoms with Crippen LogP contribution in [-0.4, -0.2) is 101 Å². The van der Waals surface area contributed by atoms with Crippen molar-refractivity contribution in [2.75, 3.05) is 90.1 Å². The number of nitrogens with one attached hydrogen (secondary N) is 2. The lowest BCUT2D eigenvalue weighted by Gasteiger charge is -2.36. The Morgan fingerprint density at radius 3 is 2.44 bits per heavy atom. The van der Waals surface area contributed by atoms with Crippen molar-refractivity contribution in [3.8, 4) is 0 Å². The van der Waals surface area contributed by atoms with Crippen molar-refractivity contribution in [2.24, 2.45) is 4.99 Å². The van der Waals surface area contributed by atoms with E-state index in [-0.39, 0.29) is 24.0 Å². The first-order valence-electron chi connectivity index (χ1n) is 12.1. The highest BCUT2D eigenvalue weighted by molar-refractivity contribution is 14.0. The molecule has 8 heteroatoms. The summed E-state index contributed by atoms with van der Waals surface area (Å²) in [6, 6.07) is 8.86. The van der Waals surface area contributed by atoms with Gasteiger partial charge in [0.25, 0.3) is 0 Å². The number of nitrogens with zero attached hydrogens (tertiary/aromatic N) is 4. The number of unbranched alkanes of at least 4 members (excludes halogenated alkanes) is 1. The van der Waals surface area contributed by atoms with E-state index in [9.17, 15) is 0 Å². The molecule has 2 saturated heterocycles. The fraction of sp³-hybridized carbons (Fsp3) is 0.708. The van der Waals surface area contributed by atoms with E-state index in [1.54, 1.807) is 0 Å². The maximum absolute atomic E-state index is 5.41. The number of piperazine rings is 1. The van der Waals surface area contributed by atoms with Gasteiger partial charge in [-0.2, -0.15) is 0 Å². The molecular weight excluding hydrogens is 515 g/mol. The first-order valence-corrected chi connectivity index (χ1v) is 12.1. The van der Waals surface area contributed by atoms with E-state index in [4.69, 9.17) is 9.73 Å². The Morgan fingerprint density at radius 1 is 0.969 bits per heavy atom. The molecule has 0 unspecified atom stereocenters. The summed E-state index contributed by atoms with van der Waals surface area (Å²) in [7, 11) is 0. The number of ether oxygens (including phenoxy) is 1. The largest absolute Gasteiger partial charge is 0.379 e. The molecule has 2 aliphatic rings. The van der Waals surface area contributed by atoms with E-state index in [1.165, 1.54) is 24.2 Å². The van der Waals surface area contributed by atoms with Crippen LogP contribution in [0, 0.1) is 6.92 Å². The second-order valence-corrected chi connectivity index (χ2v) is 8.52. The number of aryl methyl sites for hydroxylation is 1. The Labute approximate surface area is 212 Å². The zero-order valence-electron chi connectivity index (χ0n) is 20.0. The SMILES string of the molecule is CCNC(=NCCCCN1CCN(c2cccc(C)c2)CC1)NCCN1CCOCC1.I. The lowest BCUT2D eigenvalue weighted by molar-refractivity contribution is 0.0389. The second kappa shape index (κ2) is 15.7. The first kappa shape index (κ1) is 27.1. The van der Waals surface area contributed by atoms with Crippen molar-refractivity contribution in [2.45, 2.75) is 26.7 Å². The Bertz CT molecular complexity index is 660. The summed E-state index contributed by atoms with van der Waals surface area (Å²) in [5.74, 6) is 0.947. The molecule has 0 aromatic heterocycles. The summed E-state index contributed by atoms with van der Waals surface area (Å²) in [5.41, 5.74) is 2.71. The molecule has 1 aromatic carbocycles. The molecular formula is C24H43IN6O. The van der Waals surface area contributed by atoms with Crippen molar-refractivity contribution in [1.29, 1.82) is 0 Å². The highest BCUT2D eigenvalue weighted by atomic mass is 127. The topological polar surface area (TPSA) is 55.4 Å². The van der Waals surface area contributed by atoms with Gasteiger partial charge < -0.3 is 20.3 Å². The zero-order chi connectivity index (χ0) is 21.7. The van der Waals surface area contributed by atoms with Crippen LogP contribution in [-0.2, 0) is 4.74 Å². The van der Waals surface area contributed by atoms with E-state index in [0.717, 1.165) is 91.0 Å². The average Bonchev–Trinajstić information content (AvgIpc) is 2.80. The summed E-state index contributed by atoms with van der Waals surface area (Å²) in [4.78, 5) is 12.3. The van der Waals surface area contributed by atoms with Gasteiger partial charge in [-0.15, -0.1) is 24.0 Å². The molecule has 1 aromatic rings. The van der Waals surface area contributed by atoms with Crippen molar-refractivity contribution in [3.63, 3.8) is 0 Å². The highest BCUT2D eigenvalue weighted by Gasteiger charge is 2.16. The van der Waals surface area contributed by atoms with Gasteiger partial charge in [-0.1, -0.05) is 12.1 Å². The van der Waals surface area contributed by atoms with Crippen molar-refractivity contribution in [1.82, 2.24) is 20.4 Å². The van der Waals surface area contributed by atoms with Gasteiger partial charge in [0, 0.05) is 71.1 Å². The molecule has 0 spiro atoms. The predicted molar refractivity (Wildman–Crippen MR) is 146 cm³/mol. The quantitative estimate of drug-likeness (QED) is 0.199. The van der Waals surface area contributed by atoms with Crippen LogP contribution in [0.3, 0.4) is 0 Å². The number of benzene rings is 1. The number of morpholine rings is 1. The van der Waals surface area contributed by atoms with Gasteiger partial charge in [-0.25, -0.2) is 0 Å². The lowest BCUT2D eigenvalue weighted by atomic mass is 10.2. The molecule has 2 heterocycles. The highest BCUT2D eigenvalue weighted by Crippen LogP contribution is 2.17. The first-order chi connectivity index (χ1) is 15.2. The number of anilines is 1. The maximum Gasteiger partial charge on any atom is 0.191 e. The van der Waals surface area contributed by atoms with Crippen molar-refractivity contribution in [3.05, 3.63) is 29.8 Å². The number of guanidine groups is 1. The molecule has 7 nitrogen and oxygen atoms in total. The fourth-order valence-corrected chi connectivity index (χ4v) is 4.19. The fourth-order valence-electron chi connectivity index (χ4n) is 4.19. The molecule has 2 fully saturated rings. The van der Waals surface area contributed by atoms with E-state index < -0.39 is 0 Å². The molecule has 182 valence electrons. The third kappa shape index (κ3) is 9.80. The van der Waals surface area contributed by atoms with E-state index in [2.05, 4.69) is 63.4 Å². The Balaban J connectivity index is 0.00000363. The molecule has 0 atom stereocenters. The molecule has 32 heavy (non-hydrogen) atoms. The Kier molecular flexibility index (Phi) is 13.3. The molecule has 0 aliphatic carbocycles. The van der Waals surface area contributed by atoms with Crippen LogP contribution in [0.2, 0.25) is 0 Å². The summed E-state index contributed by atoms with van der Waals surface area (Å²) >= 11 is 0. The summed E-state index contributed by atoms with van der Waals surface area (Å²) < 4.78 is 5.41. The molecule has 0 bridgehead atoms. The molecule has 2 aliphatic heterocycles. The van der Waals surface area contributed by atoms with E-state index in [1.807, 2.05) is 0 Å². The van der Waals surface area contributed by atoms with Crippen LogP contribution in [0.15, 0.2) is 29.3 Å². The zero-order valence-corrected chi connectivity index (χ0v) is 22.4. The summed E-state index contributed by atoms with van der Waals surface area (Å²) in [6.07, 6.45) is 2.35. The average molecular weight is 559 g/mol. The van der Waals surface area contributed by atoms with Gasteiger partial charge >= 0.3 is 0 Å². The summed E-state index contributed by atoms with van der Waals surface area (Å²) in [5, 5.41) is 6.84. The smallest absolute Gasteiger partial charge is 0.191 e. The normalized spacial score (nSPS) is 18.3. The van der Waals surface area contributed by atoms with Crippen molar-refractivity contribution >= 4 is 35.6 Å². The van der Waals surface area contributed by atoms with Gasteiger partial charge in [0.05, 0.1) is 13.2 Å². The third-order valence-corrected chi connectivity index (χ3v) is 6.06. The molecule has 3 rings (SSSR count). The van der Waals surface area contributed by atoms with Gasteiger partial charge in [-0.05, 0) is 50.9 Å². The number of halogens is 1. The van der Waals surface area contributed by atoms with Gasteiger partial charge in [0.2, 0.25) is 0 Å². The Morgan fingerprint density at radius 2 is 1.72 bits per heavy atom. The number of rotatable bonds is 10. The van der Waals surface area contributed by atoms with Gasteiger partial charge in [0.15, 0.2) is 5.96 Å². The predicted octanol–water partition coefficient (Wildman–Crippen LogP) is 2.40. The molecule has 0 saturated carbocycles. The lowest BCUT2D eigenvalue weighted by Crippen LogP contribution is -2.46. The minimum atomic E-state index is 0. The van der Waals surface area contributed by atoms with Crippen LogP contribution in [0.25, 0.3) is 0 Å². The van der Waals surface area contributed by atoms with Crippen LogP contribution in [0.4, 0.5) is 5.69 Å². The second-order valence-electron chi connectivity index (χ2n) is 8.52. The van der Waals surface area contributed by atoms with Crippen LogP contribution in [0.1, 0.15) is 25.3 Å². The van der Waals surface area contributed by atoms with Gasteiger partial charge in [0.1, 0.15) is 0 Å². The maximum atomic E-state index is 5.41. The number of hydrogen-bond acceptors (Lipinski definition) is 5. The van der Waals surface area contributed by atoms with E-state index >= 15 is 0 Å². The van der Waals surface area contributed by atoms with E-state index in [0.29, 0.717) is 0 Å². The summed E-state index contributed by atoms with van der Waals surface area (Å²) in [6.45, 7) is 17.6. The standard InChI is InChI=1S/C24H42N6O.HI/c1-3-25-24(27-10-12-29-17-19-31-20-18-29)26-9-4-5-11-28-13-15-30(16-14-28)23-8-6-7-22(2)21-23;/h6-8,21H,3-5,9-20H2,1-2H3,(H2,25,26,27);1H. The van der Waals surface area contributed by atoms with Crippen molar-refractivity contribution < 1.29 is 4.74 Å². The minimum Gasteiger partial charge on any atom is -0.379 e. The molecule has 0 radical (unpaired) electrons.